The van der Waals surface area contributed by atoms with Crippen LogP contribution in [0.3, 0.4) is 0 Å². The van der Waals surface area contributed by atoms with Gasteiger partial charge in [0.25, 0.3) is 0 Å². The zero-order valence-corrected chi connectivity index (χ0v) is 16.9. The molecule has 146 valence electrons. The van der Waals surface area contributed by atoms with E-state index >= 15 is 0 Å². The first kappa shape index (κ1) is 18.7. The summed E-state index contributed by atoms with van der Waals surface area (Å²) in [6.45, 7) is 3.49. The average Bonchev–Trinajstić information content (AvgIpc) is 3.23. The Morgan fingerprint density at radius 2 is 2.29 bits per heavy atom. The van der Waals surface area contributed by atoms with Crippen molar-refractivity contribution < 1.29 is 4.79 Å². The van der Waals surface area contributed by atoms with Crippen LogP contribution in [0.5, 0.6) is 0 Å². The molecule has 1 amide bonds. The average molecular weight is 397 g/mol. The molecule has 1 aliphatic heterocycles. The van der Waals surface area contributed by atoms with Gasteiger partial charge < -0.3 is 15.2 Å². The molecule has 0 saturated carbocycles. The summed E-state index contributed by atoms with van der Waals surface area (Å²) < 4.78 is 0. The first-order chi connectivity index (χ1) is 13.7. The second-order valence-corrected chi connectivity index (χ2v) is 7.67. The smallest absolute Gasteiger partial charge is 0.222 e. The van der Waals surface area contributed by atoms with Gasteiger partial charge in [0.2, 0.25) is 5.91 Å². The summed E-state index contributed by atoms with van der Waals surface area (Å²) in [6, 6.07) is 4.14. The van der Waals surface area contributed by atoms with Crippen molar-refractivity contribution in [3.8, 4) is 11.3 Å². The number of H-pyrrole nitrogens is 1. The number of hydrogen-bond donors (Lipinski definition) is 2. The first-order valence-electron chi connectivity index (χ1n) is 9.57. The number of thioether (sulfide) groups is 1. The Balaban J connectivity index is 1.70. The second kappa shape index (κ2) is 8.18. The number of anilines is 1. The molecule has 0 unspecified atom stereocenters. The van der Waals surface area contributed by atoms with Gasteiger partial charge in [-0.1, -0.05) is 18.7 Å². The van der Waals surface area contributed by atoms with Crippen LogP contribution in [-0.4, -0.2) is 56.1 Å². The fraction of sp³-hybridized carbons (Fsp3) is 0.400. The maximum Gasteiger partial charge on any atom is 0.222 e. The Labute approximate surface area is 168 Å². The zero-order chi connectivity index (χ0) is 19.5. The number of aromatic nitrogens is 4. The number of amides is 1. The van der Waals surface area contributed by atoms with Crippen molar-refractivity contribution in [1.29, 1.82) is 0 Å². The number of fused-ring (bicyclic) bond motifs is 1. The van der Waals surface area contributed by atoms with Crippen LogP contribution < -0.4 is 5.32 Å². The molecule has 2 N–H and O–H groups in total. The maximum absolute atomic E-state index is 12.2. The van der Waals surface area contributed by atoms with Crippen LogP contribution >= 0.6 is 11.8 Å². The standard InChI is InChI=1S/C20H24N6OS/c1-3-17(27)26-10-4-5-13(12-26)24-18-14-6-8-21-19(14)23-11-15(18)16-7-9-22-20(25-16)28-2/h6-9,11,13H,3-5,10,12H2,1-2H3,(H2,21,23,24)/t13-/m1/s1. The third-order valence-corrected chi connectivity index (χ3v) is 5.67. The van der Waals surface area contributed by atoms with E-state index < -0.39 is 0 Å². The molecule has 1 saturated heterocycles. The molecule has 4 rings (SSSR count). The molecule has 28 heavy (non-hydrogen) atoms. The molecule has 3 aromatic heterocycles. The number of hydrogen-bond acceptors (Lipinski definition) is 6. The van der Waals surface area contributed by atoms with Gasteiger partial charge in [-0.05, 0) is 31.2 Å². The quantitative estimate of drug-likeness (QED) is 0.507. The lowest BCUT2D eigenvalue weighted by molar-refractivity contribution is -0.131. The number of likely N-dealkylation sites (tertiary alicyclic amines) is 1. The summed E-state index contributed by atoms with van der Waals surface area (Å²) >= 11 is 1.52. The minimum Gasteiger partial charge on any atom is -0.379 e. The van der Waals surface area contributed by atoms with E-state index in [-0.39, 0.29) is 11.9 Å². The number of rotatable bonds is 5. The van der Waals surface area contributed by atoms with Gasteiger partial charge in [0.1, 0.15) is 5.65 Å². The molecule has 1 fully saturated rings. The predicted molar refractivity (Wildman–Crippen MR) is 112 cm³/mol. The Kier molecular flexibility index (Phi) is 5.47. The fourth-order valence-corrected chi connectivity index (χ4v) is 4.05. The highest BCUT2D eigenvalue weighted by atomic mass is 32.2. The van der Waals surface area contributed by atoms with Crippen LogP contribution in [0.2, 0.25) is 0 Å². The highest BCUT2D eigenvalue weighted by Crippen LogP contribution is 2.34. The molecule has 1 aliphatic rings. The fourth-order valence-electron chi connectivity index (χ4n) is 3.70. The van der Waals surface area contributed by atoms with Crippen molar-refractivity contribution in [3.63, 3.8) is 0 Å². The number of piperidine rings is 1. The van der Waals surface area contributed by atoms with E-state index in [0.717, 1.165) is 59.1 Å². The van der Waals surface area contributed by atoms with E-state index in [2.05, 4.69) is 25.3 Å². The van der Waals surface area contributed by atoms with Crippen LogP contribution in [-0.2, 0) is 4.79 Å². The molecule has 1 atom stereocenters. The summed E-state index contributed by atoms with van der Waals surface area (Å²) in [5, 5.41) is 5.46. The van der Waals surface area contributed by atoms with Crippen LogP contribution in [0.25, 0.3) is 22.3 Å². The monoisotopic (exact) mass is 396 g/mol. The SMILES string of the molecule is CCC(=O)N1CCC[C@@H](Nc2c(-c3ccnc(SC)n3)cnc3[nH]ccc23)C1. The summed E-state index contributed by atoms with van der Waals surface area (Å²) in [7, 11) is 0. The summed E-state index contributed by atoms with van der Waals surface area (Å²) in [4.78, 5) is 30.8. The molecule has 8 heteroatoms. The number of carbonyl (C=O) groups is 1. The number of aromatic amines is 1. The van der Waals surface area contributed by atoms with Crippen molar-refractivity contribution in [3.05, 3.63) is 30.7 Å². The molecule has 0 aliphatic carbocycles. The second-order valence-electron chi connectivity index (χ2n) is 6.89. The molecule has 7 nitrogen and oxygen atoms in total. The summed E-state index contributed by atoms with van der Waals surface area (Å²) in [6.07, 6.45) is 10.1. The largest absolute Gasteiger partial charge is 0.379 e. The molecular formula is C20H24N6OS. The molecule has 4 heterocycles. The minimum absolute atomic E-state index is 0.199. The molecular weight excluding hydrogens is 372 g/mol. The first-order valence-corrected chi connectivity index (χ1v) is 10.8. The molecule has 0 bridgehead atoms. The van der Waals surface area contributed by atoms with Crippen LogP contribution in [0.15, 0.2) is 35.9 Å². The number of nitrogens with zero attached hydrogens (tertiary/aromatic N) is 4. The molecule has 0 radical (unpaired) electrons. The molecule has 3 aromatic rings. The number of nitrogens with one attached hydrogen (secondary N) is 2. The Morgan fingerprint density at radius 3 is 3.11 bits per heavy atom. The van der Waals surface area contributed by atoms with E-state index in [1.807, 2.05) is 42.6 Å². The van der Waals surface area contributed by atoms with Crippen LogP contribution in [0, 0.1) is 0 Å². The van der Waals surface area contributed by atoms with Gasteiger partial charge in [-0.2, -0.15) is 0 Å². The Bertz CT molecular complexity index is 988. The van der Waals surface area contributed by atoms with E-state index in [0.29, 0.717) is 6.42 Å². The normalized spacial score (nSPS) is 17.1. The number of carbonyl (C=O) groups excluding carboxylic acids is 1. The van der Waals surface area contributed by atoms with Gasteiger partial charge in [0, 0.05) is 55.1 Å². The van der Waals surface area contributed by atoms with Crippen molar-refractivity contribution in [2.45, 2.75) is 37.4 Å². The van der Waals surface area contributed by atoms with Gasteiger partial charge in [0.15, 0.2) is 5.16 Å². The van der Waals surface area contributed by atoms with Crippen molar-refractivity contribution >= 4 is 34.4 Å². The lowest BCUT2D eigenvalue weighted by Gasteiger charge is -2.34. The van der Waals surface area contributed by atoms with E-state index in [1.165, 1.54) is 11.8 Å². The van der Waals surface area contributed by atoms with Crippen molar-refractivity contribution in [1.82, 2.24) is 24.8 Å². The zero-order valence-electron chi connectivity index (χ0n) is 16.1. The minimum atomic E-state index is 0.199. The highest BCUT2D eigenvalue weighted by Gasteiger charge is 2.24. The van der Waals surface area contributed by atoms with E-state index in [9.17, 15) is 4.79 Å². The van der Waals surface area contributed by atoms with Crippen molar-refractivity contribution in [2.75, 3.05) is 24.7 Å². The predicted octanol–water partition coefficient (Wildman–Crippen LogP) is 3.55. The maximum atomic E-state index is 12.2. The lowest BCUT2D eigenvalue weighted by atomic mass is 10.0. The van der Waals surface area contributed by atoms with Gasteiger partial charge in [0.05, 0.1) is 11.4 Å². The summed E-state index contributed by atoms with van der Waals surface area (Å²) in [5.41, 5.74) is 3.63. The van der Waals surface area contributed by atoms with Gasteiger partial charge in [-0.25, -0.2) is 15.0 Å². The summed E-state index contributed by atoms with van der Waals surface area (Å²) in [5.74, 6) is 0.216. The van der Waals surface area contributed by atoms with Crippen LogP contribution in [0.4, 0.5) is 5.69 Å². The third kappa shape index (κ3) is 3.69. The Morgan fingerprint density at radius 1 is 1.39 bits per heavy atom. The van der Waals surface area contributed by atoms with Gasteiger partial charge in [-0.3, -0.25) is 4.79 Å². The van der Waals surface area contributed by atoms with E-state index in [1.54, 1.807) is 6.20 Å². The topological polar surface area (TPSA) is 86.8 Å². The number of pyridine rings is 1. The molecule has 0 aromatic carbocycles. The Hall–Kier alpha value is -2.61. The highest BCUT2D eigenvalue weighted by molar-refractivity contribution is 7.98. The molecule has 0 spiro atoms. The third-order valence-electron chi connectivity index (χ3n) is 5.10. The lowest BCUT2D eigenvalue weighted by Crippen LogP contribution is -2.45. The van der Waals surface area contributed by atoms with Gasteiger partial charge in [-0.15, -0.1) is 0 Å². The van der Waals surface area contributed by atoms with Gasteiger partial charge >= 0.3 is 0 Å². The van der Waals surface area contributed by atoms with E-state index in [4.69, 9.17) is 0 Å². The van der Waals surface area contributed by atoms with Crippen LogP contribution in [0.1, 0.15) is 26.2 Å². The van der Waals surface area contributed by atoms with Crippen molar-refractivity contribution in [2.24, 2.45) is 0 Å².